The van der Waals surface area contributed by atoms with Crippen LogP contribution in [0.15, 0.2) is 35.7 Å². The van der Waals surface area contributed by atoms with Crippen molar-refractivity contribution in [1.29, 1.82) is 0 Å². The molecule has 0 bridgehead atoms. The maximum atomic E-state index is 12.0. The molecule has 0 fully saturated rings. The Kier molecular flexibility index (Phi) is 5.90. The van der Waals surface area contributed by atoms with E-state index >= 15 is 0 Å². The third-order valence-corrected chi connectivity index (χ3v) is 4.66. The highest BCUT2D eigenvalue weighted by Crippen LogP contribution is 2.32. The Balaban J connectivity index is 1.44. The van der Waals surface area contributed by atoms with Crippen LogP contribution in [0.2, 0.25) is 0 Å². The first-order valence-corrected chi connectivity index (χ1v) is 9.30. The number of thiophene rings is 1. The molecule has 3 rings (SSSR count). The second-order valence-electron chi connectivity index (χ2n) is 5.95. The minimum absolute atomic E-state index is 0.232. The average Bonchev–Trinajstić information content (AvgIpc) is 3.20. The van der Waals surface area contributed by atoms with E-state index in [2.05, 4.69) is 21.3 Å². The van der Waals surface area contributed by atoms with Gasteiger partial charge in [-0.15, -0.1) is 11.3 Å². The van der Waals surface area contributed by atoms with Crippen LogP contribution in [0.25, 0.3) is 0 Å². The summed E-state index contributed by atoms with van der Waals surface area (Å²) < 4.78 is 5.44. The van der Waals surface area contributed by atoms with Crippen molar-refractivity contribution < 1.29 is 23.9 Å². The van der Waals surface area contributed by atoms with Gasteiger partial charge in [-0.2, -0.15) is 0 Å². The minimum Gasteiger partial charge on any atom is -0.479 e. The van der Waals surface area contributed by atoms with Crippen molar-refractivity contribution >= 4 is 46.3 Å². The third kappa shape index (κ3) is 4.86. The van der Waals surface area contributed by atoms with Crippen LogP contribution in [0.4, 0.5) is 11.4 Å². The van der Waals surface area contributed by atoms with Crippen LogP contribution in [-0.2, 0) is 14.4 Å². The second-order valence-corrected chi connectivity index (χ2v) is 6.89. The molecule has 2 aromatic rings. The normalized spacial score (nSPS) is 14.9. The molecule has 0 saturated heterocycles. The molecule has 2 heterocycles. The third-order valence-electron chi connectivity index (χ3n) is 3.79. The Bertz CT molecular complexity index is 913. The lowest BCUT2D eigenvalue weighted by Gasteiger charge is -2.23. The first kappa shape index (κ1) is 19.4. The van der Waals surface area contributed by atoms with Crippen LogP contribution >= 0.6 is 11.3 Å². The molecule has 0 saturated carbocycles. The van der Waals surface area contributed by atoms with Crippen molar-refractivity contribution in [3.63, 3.8) is 0 Å². The van der Waals surface area contributed by atoms with Crippen LogP contribution in [0.1, 0.15) is 16.6 Å². The van der Waals surface area contributed by atoms with Gasteiger partial charge in [0.15, 0.2) is 6.10 Å². The maximum Gasteiger partial charge on any atom is 0.265 e. The molecule has 0 unspecified atom stereocenters. The molecule has 10 heteroatoms. The molecule has 1 atom stereocenters. The van der Waals surface area contributed by atoms with Crippen LogP contribution in [0.3, 0.4) is 0 Å². The molecule has 0 aliphatic carbocycles. The molecule has 4 amide bonds. The lowest BCUT2D eigenvalue weighted by atomic mass is 10.2. The molecule has 1 aliphatic heterocycles. The van der Waals surface area contributed by atoms with Crippen molar-refractivity contribution in [2.45, 2.75) is 13.0 Å². The summed E-state index contributed by atoms with van der Waals surface area (Å²) in [5.41, 5.74) is 0.906. The van der Waals surface area contributed by atoms with E-state index in [9.17, 15) is 19.2 Å². The van der Waals surface area contributed by atoms with Gasteiger partial charge < -0.3 is 26.0 Å². The molecule has 1 aromatic carbocycles. The molecule has 0 spiro atoms. The predicted octanol–water partition coefficient (Wildman–Crippen LogP) is 0.952. The molecular weight excluding hydrogens is 384 g/mol. The van der Waals surface area contributed by atoms with Gasteiger partial charge in [-0.05, 0) is 36.6 Å². The summed E-state index contributed by atoms with van der Waals surface area (Å²) in [5, 5.41) is 12.0. The van der Waals surface area contributed by atoms with Crippen LogP contribution in [0.5, 0.6) is 5.75 Å². The highest BCUT2D eigenvalue weighted by Gasteiger charge is 2.23. The van der Waals surface area contributed by atoms with E-state index in [0.29, 0.717) is 22.0 Å². The monoisotopic (exact) mass is 402 g/mol. The van der Waals surface area contributed by atoms with E-state index in [1.54, 1.807) is 42.6 Å². The SMILES string of the molecule is C[C@@H]1Oc2ccc(NC(=O)CNC(=O)CNC(=O)c3cccs3)cc2NC1=O. The zero-order valence-electron chi connectivity index (χ0n) is 14.9. The summed E-state index contributed by atoms with van der Waals surface area (Å²) in [7, 11) is 0. The standard InChI is InChI=1S/C18H18N4O5S/c1-10-17(25)22-12-7-11(4-5-13(12)27-10)21-16(24)9-19-15(23)8-20-18(26)14-3-2-6-28-14/h2-7,10H,8-9H2,1H3,(H,19,23)(H,20,26)(H,21,24)(H,22,25)/t10-/m0/s1. The summed E-state index contributed by atoms with van der Waals surface area (Å²) >= 11 is 1.27. The van der Waals surface area contributed by atoms with Gasteiger partial charge in [-0.25, -0.2) is 0 Å². The molecular formula is C18H18N4O5S. The largest absolute Gasteiger partial charge is 0.479 e. The maximum absolute atomic E-state index is 12.0. The summed E-state index contributed by atoms with van der Waals surface area (Å²) in [5.74, 6) is -1.04. The first-order chi connectivity index (χ1) is 13.4. The summed E-state index contributed by atoms with van der Waals surface area (Å²) in [6, 6.07) is 8.23. The summed E-state index contributed by atoms with van der Waals surface area (Å²) in [4.78, 5) is 47.7. The number of hydrogen-bond donors (Lipinski definition) is 4. The van der Waals surface area contributed by atoms with Gasteiger partial charge in [-0.1, -0.05) is 6.07 Å². The Labute approximate surface area is 164 Å². The van der Waals surface area contributed by atoms with E-state index in [1.807, 2.05) is 0 Å². The predicted molar refractivity (Wildman–Crippen MR) is 103 cm³/mol. The number of rotatable bonds is 6. The minimum atomic E-state index is -0.580. The number of fused-ring (bicyclic) bond motifs is 1. The zero-order valence-corrected chi connectivity index (χ0v) is 15.7. The quantitative estimate of drug-likeness (QED) is 0.573. The number of carbonyl (C=O) groups excluding carboxylic acids is 4. The van der Waals surface area contributed by atoms with Gasteiger partial charge in [0.25, 0.3) is 11.8 Å². The molecule has 1 aromatic heterocycles. The first-order valence-electron chi connectivity index (χ1n) is 8.42. The van der Waals surface area contributed by atoms with Crippen molar-refractivity contribution in [2.24, 2.45) is 0 Å². The van der Waals surface area contributed by atoms with Crippen LogP contribution < -0.4 is 26.0 Å². The average molecular weight is 402 g/mol. The lowest BCUT2D eigenvalue weighted by molar-refractivity contribution is -0.123. The molecule has 28 heavy (non-hydrogen) atoms. The number of amides is 4. The zero-order chi connectivity index (χ0) is 20.1. The Morgan fingerprint density at radius 1 is 1.14 bits per heavy atom. The topological polar surface area (TPSA) is 126 Å². The van der Waals surface area contributed by atoms with Gasteiger partial charge >= 0.3 is 0 Å². The van der Waals surface area contributed by atoms with E-state index in [-0.39, 0.29) is 24.9 Å². The van der Waals surface area contributed by atoms with E-state index < -0.39 is 17.9 Å². The fourth-order valence-electron chi connectivity index (χ4n) is 2.39. The Hall–Kier alpha value is -3.40. The fraction of sp³-hybridized carbons (Fsp3) is 0.222. The molecule has 1 aliphatic rings. The lowest BCUT2D eigenvalue weighted by Crippen LogP contribution is -2.40. The van der Waals surface area contributed by atoms with E-state index in [4.69, 9.17) is 4.74 Å². The van der Waals surface area contributed by atoms with E-state index in [1.165, 1.54) is 11.3 Å². The molecule has 9 nitrogen and oxygen atoms in total. The number of hydrogen-bond acceptors (Lipinski definition) is 6. The van der Waals surface area contributed by atoms with Crippen LogP contribution in [-0.4, -0.2) is 42.8 Å². The van der Waals surface area contributed by atoms with Gasteiger partial charge in [0.1, 0.15) is 5.75 Å². The molecule has 0 radical (unpaired) electrons. The van der Waals surface area contributed by atoms with Gasteiger partial charge in [0.05, 0.1) is 23.7 Å². The van der Waals surface area contributed by atoms with Crippen molar-refractivity contribution in [3.05, 3.63) is 40.6 Å². The van der Waals surface area contributed by atoms with Crippen LogP contribution in [0, 0.1) is 0 Å². The Morgan fingerprint density at radius 2 is 1.93 bits per heavy atom. The molecule has 4 N–H and O–H groups in total. The summed E-state index contributed by atoms with van der Waals surface area (Å²) in [6.07, 6.45) is -0.580. The number of carbonyl (C=O) groups is 4. The summed E-state index contributed by atoms with van der Waals surface area (Å²) in [6.45, 7) is 1.15. The number of anilines is 2. The van der Waals surface area contributed by atoms with Gasteiger partial charge in [0.2, 0.25) is 11.8 Å². The number of benzene rings is 1. The highest BCUT2D eigenvalue weighted by atomic mass is 32.1. The Morgan fingerprint density at radius 3 is 2.68 bits per heavy atom. The second kappa shape index (κ2) is 8.53. The van der Waals surface area contributed by atoms with Gasteiger partial charge in [-0.3, -0.25) is 19.2 Å². The van der Waals surface area contributed by atoms with Gasteiger partial charge in [0, 0.05) is 5.69 Å². The van der Waals surface area contributed by atoms with Crippen molar-refractivity contribution in [2.75, 3.05) is 23.7 Å². The van der Waals surface area contributed by atoms with E-state index in [0.717, 1.165) is 0 Å². The highest BCUT2D eigenvalue weighted by molar-refractivity contribution is 7.12. The van der Waals surface area contributed by atoms with Crippen molar-refractivity contribution in [1.82, 2.24) is 10.6 Å². The molecule has 146 valence electrons. The van der Waals surface area contributed by atoms with Crippen molar-refractivity contribution in [3.8, 4) is 5.75 Å². The fourth-order valence-corrected chi connectivity index (χ4v) is 3.03. The number of nitrogens with one attached hydrogen (secondary N) is 4. The number of ether oxygens (including phenoxy) is 1. The smallest absolute Gasteiger partial charge is 0.265 e.